The van der Waals surface area contributed by atoms with Crippen molar-refractivity contribution in [2.75, 3.05) is 26.4 Å². The Balaban J connectivity index is 2.33. The van der Waals surface area contributed by atoms with Crippen molar-refractivity contribution in [3.8, 4) is 0 Å². The van der Waals surface area contributed by atoms with Crippen LogP contribution in [0.25, 0.3) is 0 Å². The molecule has 2 atom stereocenters. The number of unbranched alkanes of at least 4 members (excludes halogenated alkanes) is 4. The lowest BCUT2D eigenvalue weighted by Gasteiger charge is -2.28. The van der Waals surface area contributed by atoms with Gasteiger partial charge in [-0.1, -0.05) is 45.4 Å². The Hall–Kier alpha value is -1.10. The van der Waals surface area contributed by atoms with Crippen molar-refractivity contribution >= 4 is 11.9 Å². The fourth-order valence-corrected chi connectivity index (χ4v) is 3.13. The van der Waals surface area contributed by atoms with Crippen LogP contribution in [0, 0.1) is 11.8 Å². The van der Waals surface area contributed by atoms with Crippen molar-refractivity contribution in [2.24, 2.45) is 11.8 Å². The van der Waals surface area contributed by atoms with Crippen LogP contribution in [0.1, 0.15) is 71.6 Å². The van der Waals surface area contributed by atoms with Gasteiger partial charge in [-0.25, -0.2) is 0 Å². The van der Waals surface area contributed by atoms with Crippen molar-refractivity contribution in [3.63, 3.8) is 0 Å². The van der Waals surface area contributed by atoms with Gasteiger partial charge in [-0.2, -0.15) is 0 Å². The lowest BCUT2D eigenvalue weighted by atomic mass is 9.79. The summed E-state index contributed by atoms with van der Waals surface area (Å²) in [4.78, 5) is 24.6. The van der Waals surface area contributed by atoms with Crippen LogP contribution in [0.5, 0.6) is 0 Å². The Morgan fingerprint density at radius 1 is 0.792 bits per heavy atom. The van der Waals surface area contributed by atoms with Crippen molar-refractivity contribution in [3.05, 3.63) is 0 Å². The number of carbonyl (C=O) groups is 2. The molecule has 1 saturated carbocycles. The maximum atomic E-state index is 12.3. The maximum absolute atomic E-state index is 12.3. The van der Waals surface area contributed by atoms with Crippen molar-refractivity contribution in [2.45, 2.75) is 71.6 Å². The largest absolute Gasteiger partial charge is 0.465 e. The highest BCUT2D eigenvalue weighted by Gasteiger charge is 2.37. The summed E-state index contributed by atoms with van der Waals surface area (Å²) in [5, 5.41) is 0. The second kappa shape index (κ2) is 13.2. The zero-order chi connectivity index (χ0) is 17.6. The number of ether oxygens (including phenoxy) is 3. The predicted molar refractivity (Wildman–Crippen MR) is 92.6 cm³/mol. The molecule has 0 bridgehead atoms. The summed E-state index contributed by atoms with van der Waals surface area (Å²) in [7, 11) is 0. The monoisotopic (exact) mass is 342 g/mol. The summed E-state index contributed by atoms with van der Waals surface area (Å²) in [6, 6.07) is 0. The molecule has 0 aliphatic heterocycles. The zero-order valence-electron chi connectivity index (χ0n) is 15.4. The average molecular weight is 342 g/mol. The lowest BCUT2D eigenvalue weighted by molar-refractivity contribution is -0.163. The number of carbonyl (C=O) groups excluding carboxylic acids is 2. The summed E-state index contributed by atoms with van der Waals surface area (Å²) in [6.45, 7) is 5.80. The molecule has 2 unspecified atom stereocenters. The molecular weight excluding hydrogens is 308 g/mol. The van der Waals surface area contributed by atoms with Crippen LogP contribution in [0.3, 0.4) is 0 Å². The van der Waals surface area contributed by atoms with Gasteiger partial charge in [0.2, 0.25) is 0 Å². The maximum Gasteiger partial charge on any atom is 0.309 e. The summed E-state index contributed by atoms with van der Waals surface area (Å²) >= 11 is 0. The zero-order valence-corrected chi connectivity index (χ0v) is 15.4. The molecule has 1 rings (SSSR count). The number of hydrogen-bond acceptors (Lipinski definition) is 5. The molecule has 1 fully saturated rings. The minimum atomic E-state index is -0.354. The molecule has 0 aromatic rings. The van der Waals surface area contributed by atoms with Crippen LogP contribution >= 0.6 is 0 Å². The van der Waals surface area contributed by atoms with Gasteiger partial charge >= 0.3 is 11.9 Å². The van der Waals surface area contributed by atoms with E-state index in [1.807, 2.05) is 6.92 Å². The number of hydrogen-bond donors (Lipinski definition) is 0. The topological polar surface area (TPSA) is 61.8 Å². The molecule has 24 heavy (non-hydrogen) atoms. The first-order chi connectivity index (χ1) is 11.7. The molecule has 140 valence electrons. The van der Waals surface area contributed by atoms with Crippen LogP contribution in [0.4, 0.5) is 0 Å². The summed E-state index contributed by atoms with van der Waals surface area (Å²) < 4.78 is 15.8. The standard InChI is InChI=1S/C19H34O5/c1-3-5-6-7-10-13-23-18(20)16-11-8-9-12-17(16)19(21)24-15-14-22-4-2/h16-17H,3-15H2,1-2H3. The third-order valence-electron chi connectivity index (χ3n) is 4.54. The SMILES string of the molecule is CCCCCCCOC(=O)C1CCCCC1C(=O)OCCOCC. The fourth-order valence-electron chi connectivity index (χ4n) is 3.13. The van der Waals surface area contributed by atoms with Crippen molar-refractivity contribution in [1.82, 2.24) is 0 Å². The molecule has 5 heteroatoms. The minimum Gasteiger partial charge on any atom is -0.465 e. The summed E-state index contributed by atoms with van der Waals surface area (Å²) in [5.74, 6) is -1.20. The normalized spacial score (nSPS) is 20.6. The van der Waals surface area contributed by atoms with E-state index in [1.165, 1.54) is 19.3 Å². The van der Waals surface area contributed by atoms with E-state index in [2.05, 4.69) is 6.92 Å². The first-order valence-electron chi connectivity index (χ1n) is 9.61. The van der Waals surface area contributed by atoms with Gasteiger partial charge in [-0.05, 0) is 26.2 Å². The van der Waals surface area contributed by atoms with Crippen LogP contribution < -0.4 is 0 Å². The molecular formula is C19H34O5. The highest BCUT2D eigenvalue weighted by molar-refractivity contribution is 5.82. The Bertz CT molecular complexity index is 356. The first-order valence-corrected chi connectivity index (χ1v) is 9.61. The van der Waals surface area contributed by atoms with E-state index in [1.54, 1.807) is 0 Å². The Morgan fingerprint density at radius 3 is 1.96 bits per heavy atom. The summed E-state index contributed by atoms with van der Waals surface area (Å²) in [5.41, 5.74) is 0. The lowest BCUT2D eigenvalue weighted by Crippen LogP contribution is -2.35. The molecule has 1 aliphatic rings. The minimum absolute atomic E-state index is 0.225. The van der Waals surface area contributed by atoms with Crippen molar-refractivity contribution in [1.29, 1.82) is 0 Å². The predicted octanol–water partition coefficient (Wildman–Crippen LogP) is 3.89. The number of esters is 2. The van der Waals surface area contributed by atoms with Crippen LogP contribution in [0.2, 0.25) is 0 Å². The van der Waals surface area contributed by atoms with E-state index in [4.69, 9.17) is 14.2 Å². The molecule has 0 N–H and O–H groups in total. The van der Waals surface area contributed by atoms with Gasteiger partial charge in [0.1, 0.15) is 6.61 Å². The third kappa shape index (κ3) is 8.13. The van der Waals surface area contributed by atoms with E-state index in [0.717, 1.165) is 32.1 Å². The van der Waals surface area contributed by atoms with E-state index in [-0.39, 0.29) is 30.4 Å². The second-order valence-electron chi connectivity index (χ2n) is 6.44. The molecule has 0 heterocycles. The van der Waals surface area contributed by atoms with E-state index < -0.39 is 0 Å². The van der Waals surface area contributed by atoms with Gasteiger partial charge < -0.3 is 14.2 Å². The first kappa shape index (κ1) is 20.9. The molecule has 0 aromatic carbocycles. The Kier molecular flexibility index (Phi) is 11.5. The fraction of sp³-hybridized carbons (Fsp3) is 0.895. The van der Waals surface area contributed by atoms with Crippen molar-refractivity contribution < 1.29 is 23.8 Å². The van der Waals surface area contributed by atoms with Gasteiger partial charge in [-0.3, -0.25) is 9.59 Å². The molecule has 5 nitrogen and oxygen atoms in total. The molecule has 0 aromatic heterocycles. The highest BCUT2D eigenvalue weighted by Crippen LogP contribution is 2.32. The molecule has 0 spiro atoms. The van der Waals surface area contributed by atoms with Crippen LogP contribution in [0.15, 0.2) is 0 Å². The van der Waals surface area contributed by atoms with E-state index in [0.29, 0.717) is 26.2 Å². The third-order valence-corrected chi connectivity index (χ3v) is 4.54. The van der Waals surface area contributed by atoms with Gasteiger partial charge in [0.15, 0.2) is 0 Å². The Morgan fingerprint density at radius 2 is 1.38 bits per heavy atom. The van der Waals surface area contributed by atoms with E-state index in [9.17, 15) is 9.59 Å². The smallest absolute Gasteiger partial charge is 0.309 e. The number of rotatable bonds is 12. The molecule has 0 amide bonds. The van der Waals surface area contributed by atoms with Crippen LogP contribution in [-0.4, -0.2) is 38.4 Å². The van der Waals surface area contributed by atoms with Gasteiger partial charge in [-0.15, -0.1) is 0 Å². The molecule has 0 saturated heterocycles. The summed E-state index contributed by atoms with van der Waals surface area (Å²) in [6.07, 6.45) is 8.98. The van der Waals surface area contributed by atoms with E-state index >= 15 is 0 Å². The average Bonchev–Trinajstić information content (AvgIpc) is 2.61. The Labute approximate surface area is 146 Å². The molecule has 1 aliphatic carbocycles. The highest BCUT2D eigenvalue weighted by atomic mass is 16.6. The molecule has 0 radical (unpaired) electrons. The van der Waals surface area contributed by atoms with Crippen LogP contribution in [-0.2, 0) is 23.8 Å². The second-order valence-corrected chi connectivity index (χ2v) is 6.44. The van der Waals surface area contributed by atoms with Gasteiger partial charge in [0, 0.05) is 6.61 Å². The quantitative estimate of drug-likeness (QED) is 0.398. The van der Waals surface area contributed by atoms with Gasteiger partial charge in [0.25, 0.3) is 0 Å². The van der Waals surface area contributed by atoms with Gasteiger partial charge in [0.05, 0.1) is 25.0 Å².